The first-order chi connectivity index (χ1) is 19.0. The SMILES string of the molecule is CN(C)c1ccc([C@H]2C3CCCN3C3(C(=O)c4ccccc4C3=O)C23c2ccccc2-c2ccccc23)cc1. The lowest BCUT2D eigenvalue weighted by Gasteiger charge is -2.46. The highest BCUT2D eigenvalue weighted by molar-refractivity contribution is 6.35. The van der Waals surface area contributed by atoms with Gasteiger partial charge in [-0.25, -0.2) is 0 Å². The molecule has 2 aliphatic heterocycles. The van der Waals surface area contributed by atoms with E-state index in [0.29, 0.717) is 11.1 Å². The first kappa shape index (κ1) is 22.9. The molecule has 0 saturated carbocycles. The molecule has 0 radical (unpaired) electrons. The average Bonchev–Trinajstić information content (AvgIpc) is 3.68. The van der Waals surface area contributed by atoms with Gasteiger partial charge in [-0.3, -0.25) is 14.5 Å². The number of carbonyl (C=O) groups excluding carboxylic acids is 2. The van der Waals surface area contributed by atoms with Gasteiger partial charge in [0.1, 0.15) is 0 Å². The second kappa shape index (κ2) is 7.77. The molecule has 39 heavy (non-hydrogen) atoms. The van der Waals surface area contributed by atoms with Crippen LogP contribution >= 0.6 is 0 Å². The second-order valence-electron chi connectivity index (χ2n) is 11.7. The van der Waals surface area contributed by atoms with Crippen LogP contribution in [0.15, 0.2) is 97.1 Å². The summed E-state index contributed by atoms with van der Waals surface area (Å²) < 4.78 is 0. The van der Waals surface area contributed by atoms with Gasteiger partial charge in [0.15, 0.2) is 17.1 Å². The van der Waals surface area contributed by atoms with Crippen LogP contribution in [-0.4, -0.2) is 48.7 Å². The van der Waals surface area contributed by atoms with Crippen molar-refractivity contribution in [2.75, 3.05) is 25.5 Å². The molecule has 4 aromatic carbocycles. The third kappa shape index (κ3) is 2.50. The second-order valence-corrected chi connectivity index (χ2v) is 11.7. The molecule has 2 heterocycles. The summed E-state index contributed by atoms with van der Waals surface area (Å²) in [5, 5.41) is 0. The van der Waals surface area contributed by atoms with E-state index in [1.165, 1.54) is 5.56 Å². The quantitative estimate of drug-likeness (QED) is 0.306. The van der Waals surface area contributed by atoms with E-state index in [-0.39, 0.29) is 23.5 Å². The third-order valence-electron chi connectivity index (χ3n) is 9.99. The van der Waals surface area contributed by atoms with Gasteiger partial charge in [0.05, 0.1) is 5.41 Å². The number of benzene rings is 4. The summed E-state index contributed by atoms with van der Waals surface area (Å²) >= 11 is 0. The Morgan fingerprint density at radius 2 is 1.21 bits per heavy atom. The maximum atomic E-state index is 15.0. The Kier molecular flexibility index (Phi) is 4.56. The van der Waals surface area contributed by atoms with Gasteiger partial charge in [-0.15, -0.1) is 0 Å². The molecule has 1 unspecified atom stereocenters. The topological polar surface area (TPSA) is 40.6 Å². The largest absolute Gasteiger partial charge is 0.378 e. The van der Waals surface area contributed by atoms with Crippen molar-refractivity contribution in [2.45, 2.75) is 35.8 Å². The summed E-state index contributed by atoms with van der Waals surface area (Å²) in [6.07, 6.45) is 1.94. The van der Waals surface area contributed by atoms with Gasteiger partial charge in [-0.2, -0.15) is 0 Å². The summed E-state index contributed by atoms with van der Waals surface area (Å²) in [7, 11) is 4.10. The first-order valence-electron chi connectivity index (χ1n) is 13.9. The lowest BCUT2D eigenvalue weighted by molar-refractivity contribution is 0.0497. The Balaban J connectivity index is 1.53. The molecule has 2 atom stereocenters. The summed E-state index contributed by atoms with van der Waals surface area (Å²) in [6.45, 7) is 0.745. The van der Waals surface area contributed by atoms with Crippen molar-refractivity contribution in [2.24, 2.45) is 0 Å². The molecule has 192 valence electrons. The predicted octanol–water partition coefficient (Wildman–Crippen LogP) is 6.10. The van der Waals surface area contributed by atoms with Crippen molar-refractivity contribution in [3.63, 3.8) is 0 Å². The van der Waals surface area contributed by atoms with E-state index in [1.54, 1.807) is 0 Å². The standard InChI is InChI=1S/C35H30N2O2/c1-36(2)23-19-17-22(18-20-23)31-30-16-9-21-37(30)35(32(38)26-12-3-4-13-27(26)33(35)39)34(31)28-14-7-5-10-24(28)25-11-6-8-15-29(25)34/h3-8,10-15,17-20,30-31H,9,16,21H2,1-2H3/t30?,31-/m0/s1. The number of nitrogens with zero attached hydrogens (tertiary/aromatic N) is 2. The Bertz CT molecular complexity index is 1600. The minimum atomic E-state index is -1.31. The smallest absolute Gasteiger partial charge is 0.193 e. The van der Waals surface area contributed by atoms with Crippen molar-refractivity contribution in [1.29, 1.82) is 0 Å². The molecular weight excluding hydrogens is 480 g/mol. The van der Waals surface area contributed by atoms with E-state index in [1.807, 2.05) is 24.3 Å². The van der Waals surface area contributed by atoms with Crippen LogP contribution in [0.3, 0.4) is 0 Å². The van der Waals surface area contributed by atoms with Crippen LogP contribution in [0.2, 0.25) is 0 Å². The van der Waals surface area contributed by atoms with E-state index in [9.17, 15) is 0 Å². The fourth-order valence-corrected chi connectivity index (χ4v) is 8.73. The predicted molar refractivity (Wildman–Crippen MR) is 154 cm³/mol. The normalized spacial score (nSPS) is 23.2. The number of hydrogen-bond donors (Lipinski definition) is 0. The fourth-order valence-electron chi connectivity index (χ4n) is 8.73. The van der Waals surface area contributed by atoms with Crippen molar-refractivity contribution in [3.8, 4) is 11.1 Å². The molecule has 4 nitrogen and oxygen atoms in total. The van der Waals surface area contributed by atoms with E-state index in [4.69, 9.17) is 0 Å². The molecule has 4 aromatic rings. The van der Waals surface area contributed by atoms with Crippen molar-refractivity contribution >= 4 is 17.3 Å². The molecule has 0 bridgehead atoms. The molecule has 2 aliphatic carbocycles. The molecule has 0 amide bonds. The zero-order valence-electron chi connectivity index (χ0n) is 22.2. The van der Waals surface area contributed by atoms with Crippen LogP contribution in [0.5, 0.6) is 0 Å². The fraction of sp³-hybridized carbons (Fsp3) is 0.257. The molecule has 4 heteroatoms. The Hall–Kier alpha value is -4.02. The Labute approximate surface area is 228 Å². The minimum Gasteiger partial charge on any atom is -0.378 e. The number of anilines is 1. The van der Waals surface area contributed by atoms with E-state index >= 15 is 9.59 Å². The van der Waals surface area contributed by atoms with Gasteiger partial charge >= 0.3 is 0 Å². The summed E-state index contributed by atoms with van der Waals surface area (Å²) in [4.78, 5) is 34.5. The number of Topliss-reactive ketones (excluding diaryl/α,β-unsaturated/α-hetero) is 2. The van der Waals surface area contributed by atoms with E-state index < -0.39 is 11.0 Å². The Morgan fingerprint density at radius 1 is 0.692 bits per heavy atom. The van der Waals surface area contributed by atoms with Gasteiger partial charge in [-0.05, 0) is 59.3 Å². The monoisotopic (exact) mass is 510 g/mol. The molecule has 8 rings (SSSR count). The van der Waals surface area contributed by atoms with Gasteiger partial charge in [-0.1, -0.05) is 84.9 Å². The van der Waals surface area contributed by atoms with Crippen molar-refractivity contribution in [1.82, 2.24) is 4.90 Å². The van der Waals surface area contributed by atoms with Crippen LogP contribution in [-0.2, 0) is 5.41 Å². The van der Waals surface area contributed by atoms with E-state index in [0.717, 1.165) is 47.3 Å². The van der Waals surface area contributed by atoms with Gasteiger partial charge in [0.25, 0.3) is 0 Å². The summed E-state index contributed by atoms with van der Waals surface area (Å²) in [5.74, 6) is -0.119. The summed E-state index contributed by atoms with van der Waals surface area (Å²) in [6, 6.07) is 33.4. The average molecular weight is 511 g/mol. The van der Waals surface area contributed by atoms with Crippen molar-refractivity contribution < 1.29 is 9.59 Å². The number of fused-ring (bicyclic) bond motifs is 9. The first-order valence-corrected chi connectivity index (χ1v) is 13.9. The van der Waals surface area contributed by atoms with E-state index in [2.05, 4.69) is 96.7 Å². The van der Waals surface area contributed by atoms with Gasteiger partial charge in [0.2, 0.25) is 0 Å². The Morgan fingerprint density at radius 3 is 1.74 bits per heavy atom. The van der Waals surface area contributed by atoms with Crippen LogP contribution in [0, 0.1) is 0 Å². The molecule has 4 aliphatic rings. The molecule has 2 fully saturated rings. The lowest BCUT2D eigenvalue weighted by Crippen LogP contribution is -2.64. The van der Waals surface area contributed by atoms with Crippen molar-refractivity contribution in [3.05, 3.63) is 125 Å². The zero-order chi connectivity index (χ0) is 26.5. The highest BCUT2D eigenvalue weighted by atomic mass is 16.2. The maximum Gasteiger partial charge on any atom is 0.193 e. The van der Waals surface area contributed by atoms with Gasteiger partial charge in [0, 0.05) is 42.9 Å². The highest BCUT2D eigenvalue weighted by Gasteiger charge is 2.79. The lowest BCUT2D eigenvalue weighted by atomic mass is 9.55. The number of rotatable bonds is 2. The molecule has 0 aromatic heterocycles. The number of hydrogen-bond acceptors (Lipinski definition) is 4. The molecule has 2 saturated heterocycles. The van der Waals surface area contributed by atoms with Crippen LogP contribution in [0.25, 0.3) is 11.1 Å². The minimum absolute atomic E-state index is 0.0334. The van der Waals surface area contributed by atoms with Gasteiger partial charge < -0.3 is 4.90 Å². The molecular formula is C35H30N2O2. The third-order valence-corrected chi connectivity index (χ3v) is 9.99. The molecule has 2 spiro atoms. The summed E-state index contributed by atoms with van der Waals surface area (Å²) in [5.41, 5.74) is 5.81. The number of carbonyl (C=O) groups is 2. The van der Waals surface area contributed by atoms with Crippen LogP contribution in [0.4, 0.5) is 5.69 Å². The van der Waals surface area contributed by atoms with Crippen LogP contribution < -0.4 is 4.90 Å². The zero-order valence-corrected chi connectivity index (χ0v) is 22.2. The highest BCUT2D eigenvalue weighted by Crippen LogP contribution is 2.70. The van der Waals surface area contributed by atoms with Crippen LogP contribution in [0.1, 0.15) is 56.2 Å². The molecule has 0 N–H and O–H groups in total. The number of ketones is 2. The maximum absolute atomic E-state index is 15.0.